The van der Waals surface area contributed by atoms with Crippen LogP contribution in [0.4, 0.5) is 0 Å². The van der Waals surface area contributed by atoms with Crippen molar-refractivity contribution in [3.63, 3.8) is 0 Å². The molecule has 2 N–H and O–H groups in total. The lowest BCUT2D eigenvalue weighted by atomic mass is 10.1. The fourth-order valence-corrected chi connectivity index (χ4v) is 1.39. The first kappa shape index (κ1) is 9.01. The molecule has 0 saturated heterocycles. The largest absolute Gasteiger partial charge is 0.385 e. The van der Waals surface area contributed by atoms with E-state index in [9.17, 15) is 0 Å². The molecule has 0 radical (unpaired) electrons. The molecular formula is C9H19NO. The lowest BCUT2D eigenvalue weighted by Crippen LogP contribution is -2.20. The Balaban J connectivity index is 1.87. The molecule has 0 aromatic heterocycles. The van der Waals surface area contributed by atoms with Crippen LogP contribution in [0.2, 0.25) is 0 Å². The van der Waals surface area contributed by atoms with Crippen LogP contribution in [0.1, 0.15) is 32.1 Å². The van der Waals surface area contributed by atoms with E-state index in [1.54, 1.807) is 7.11 Å². The van der Waals surface area contributed by atoms with Crippen molar-refractivity contribution >= 4 is 0 Å². The van der Waals surface area contributed by atoms with E-state index in [-0.39, 0.29) is 0 Å². The van der Waals surface area contributed by atoms with Gasteiger partial charge in [0.15, 0.2) is 0 Å². The molecular weight excluding hydrogens is 138 g/mol. The summed E-state index contributed by atoms with van der Waals surface area (Å²) in [5.41, 5.74) is 5.90. The molecule has 11 heavy (non-hydrogen) atoms. The minimum atomic E-state index is 0.428. The highest BCUT2D eigenvalue weighted by atomic mass is 16.5. The summed E-state index contributed by atoms with van der Waals surface area (Å²) < 4.78 is 4.96. The third-order valence-corrected chi connectivity index (χ3v) is 2.26. The number of nitrogens with two attached hydrogens (primary N) is 1. The second-order valence-electron chi connectivity index (χ2n) is 3.57. The Kier molecular flexibility index (Phi) is 3.87. The summed E-state index contributed by atoms with van der Waals surface area (Å²) in [6, 6.07) is 0.428. The van der Waals surface area contributed by atoms with Crippen LogP contribution in [0.25, 0.3) is 0 Å². The van der Waals surface area contributed by atoms with Crippen molar-refractivity contribution in [2.24, 2.45) is 11.7 Å². The van der Waals surface area contributed by atoms with Gasteiger partial charge in [-0.3, -0.25) is 0 Å². The molecule has 2 nitrogen and oxygen atoms in total. The first-order chi connectivity index (χ1) is 5.33. The van der Waals surface area contributed by atoms with Crippen LogP contribution in [-0.4, -0.2) is 19.8 Å². The van der Waals surface area contributed by atoms with Crippen molar-refractivity contribution in [2.75, 3.05) is 13.7 Å². The molecule has 0 bridgehead atoms. The minimum absolute atomic E-state index is 0.428. The molecule has 1 aliphatic carbocycles. The van der Waals surface area contributed by atoms with E-state index in [2.05, 4.69) is 0 Å². The van der Waals surface area contributed by atoms with Gasteiger partial charge in [-0.1, -0.05) is 12.8 Å². The van der Waals surface area contributed by atoms with Gasteiger partial charge in [0.1, 0.15) is 0 Å². The van der Waals surface area contributed by atoms with Gasteiger partial charge in [-0.15, -0.1) is 0 Å². The molecule has 1 atom stereocenters. The van der Waals surface area contributed by atoms with Crippen LogP contribution < -0.4 is 5.73 Å². The molecule has 0 heterocycles. The highest BCUT2D eigenvalue weighted by Crippen LogP contribution is 2.33. The van der Waals surface area contributed by atoms with Gasteiger partial charge < -0.3 is 10.5 Å². The molecule has 0 amide bonds. The molecule has 0 aromatic carbocycles. The predicted molar refractivity (Wildman–Crippen MR) is 46.4 cm³/mol. The fourth-order valence-electron chi connectivity index (χ4n) is 1.39. The summed E-state index contributed by atoms with van der Waals surface area (Å²) in [6.07, 6.45) is 6.31. The Morgan fingerprint density at radius 3 is 2.82 bits per heavy atom. The molecule has 1 rings (SSSR count). The SMILES string of the molecule is COCCCC(N)CC1CC1. The van der Waals surface area contributed by atoms with Crippen LogP contribution >= 0.6 is 0 Å². The zero-order chi connectivity index (χ0) is 8.10. The first-order valence-corrected chi connectivity index (χ1v) is 4.57. The zero-order valence-corrected chi connectivity index (χ0v) is 7.38. The van der Waals surface area contributed by atoms with Crippen LogP contribution in [0.15, 0.2) is 0 Å². The third kappa shape index (κ3) is 4.38. The quantitative estimate of drug-likeness (QED) is 0.594. The summed E-state index contributed by atoms with van der Waals surface area (Å²) in [7, 11) is 1.74. The highest BCUT2D eigenvalue weighted by molar-refractivity contribution is 4.78. The van der Waals surface area contributed by atoms with E-state index < -0.39 is 0 Å². The van der Waals surface area contributed by atoms with Crippen LogP contribution in [0, 0.1) is 5.92 Å². The topological polar surface area (TPSA) is 35.2 Å². The number of hydrogen-bond donors (Lipinski definition) is 1. The van der Waals surface area contributed by atoms with Gasteiger partial charge in [0.05, 0.1) is 0 Å². The van der Waals surface area contributed by atoms with Gasteiger partial charge in [-0.2, -0.15) is 0 Å². The molecule has 1 saturated carbocycles. The average molecular weight is 157 g/mol. The van der Waals surface area contributed by atoms with Gasteiger partial charge >= 0.3 is 0 Å². The van der Waals surface area contributed by atoms with Gasteiger partial charge in [0.25, 0.3) is 0 Å². The molecule has 66 valence electrons. The molecule has 0 spiro atoms. The Hall–Kier alpha value is -0.0800. The predicted octanol–water partition coefficient (Wildman–Crippen LogP) is 1.54. The van der Waals surface area contributed by atoms with Crippen molar-refractivity contribution in [2.45, 2.75) is 38.1 Å². The van der Waals surface area contributed by atoms with Gasteiger partial charge in [-0.25, -0.2) is 0 Å². The van der Waals surface area contributed by atoms with E-state index in [0.29, 0.717) is 6.04 Å². The number of ether oxygens (including phenoxy) is 1. The molecule has 0 aromatic rings. The number of rotatable bonds is 6. The minimum Gasteiger partial charge on any atom is -0.385 e. The van der Waals surface area contributed by atoms with Crippen molar-refractivity contribution < 1.29 is 4.74 Å². The first-order valence-electron chi connectivity index (χ1n) is 4.57. The van der Waals surface area contributed by atoms with E-state index in [1.165, 1.54) is 19.3 Å². The van der Waals surface area contributed by atoms with Crippen molar-refractivity contribution in [3.8, 4) is 0 Å². The fraction of sp³-hybridized carbons (Fsp3) is 1.00. The van der Waals surface area contributed by atoms with Gasteiger partial charge in [0, 0.05) is 19.8 Å². The lowest BCUT2D eigenvalue weighted by molar-refractivity contribution is 0.190. The number of hydrogen-bond acceptors (Lipinski definition) is 2. The lowest BCUT2D eigenvalue weighted by Gasteiger charge is -2.09. The maximum Gasteiger partial charge on any atom is 0.0462 e. The Labute approximate surface area is 69.1 Å². The molecule has 1 fully saturated rings. The Bertz CT molecular complexity index is 102. The molecule has 1 unspecified atom stereocenters. The van der Waals surface area contributed by atoms with Crippen LogP contribution in [-0.2, 0) is 4.74 Å². The third-order valence-electron chi connectivity index (χ3n) is 2.26. The summed E-state index contributed by atoms with van der Waals surface area (Å²) in [5.74, 6) is 0.965. The van der Waals surface area contributed by atoms with Gasteiger partial charge in [-0.05, 0) is 25.2 Å². The summed E-state index contributed by atoms with van der Waals surface area (Å²) in [5, 5.41) is 0. The number of methoxy groups -OCH3 is 1. The molecule has 2 heteroatoms. The smallest absolute Gasteiger partial charge is 0.0462 e. The van der Waals surface area contributed by atoms with E-state index in [1.807, 2.05) is 0 Å². The van der Waals surface area contributed by atoms with Crippen LogP contribution in [0.3, 0.4) is 0 Å². The summed E-state index contributed by atoms with van der Waals surface area (Å²) in [4.78, 5) is 0. The van der Waals surface area contributed by atoms with Crippen molar-refractivity contribution in [1.82, 2.24) is 0 Å². The maximum absolute atomic E-state index is 5.90. The Morgan fingerprint density at radius 1 is 1.55 bits per heavy atom. The van der Waals surface area contributed by atoms with E-state index >= 15 is 0 Å². The standard InChI is InChI=1S/C9H19NO/c1-11-6-2-3-9(10)7-8-4-5-8/h8-9H,2-7,10H2,1H3. The Morgan fingerprint density at radius 2 is 2.27 bits per heavy atom. The molecule has 0 aliphatic heterocycles. The van der Waals surface area contributed by atoms with E-state index in [4.69, 9.17) is 10.5 Å². The summed E-state index contributed by atoms with van der Waals surface area (Å²) >= 11 is 0. The second kappa shape index (κ2) is 4.73. The maximum atomic E-state index is 5.90. The van der Waals surface area contributed by atoms with Crippen molar-refractivity contribution in [3.05, 3.63) is 0 Å². The normalized spacial score (nSPS) is 20.2. The van der Waals surface area contributed by atoms with E-state index in [0.717, 1.165) is 25.4 Å². The van der Waals surface area contributed by atoms with Crippen LogP contribution in [0.5, 0.6) is 0 Å². The zero-order valence-electron chi connectivity index (χ0n) is 7.38. The second-order valence-corrected chi connectivity index (χ2v) is 3.57. The highest BCUT2D eigenvalue weighted by Gasteiger charge is 2.23. The molecule has 1 aliphatic rings. The van der Waals surface area contributed by atoms with Gasteiger partial charge in [0.2, 0.25) is 0 Å². The monoisotopic (exact) mass is 157 g/mol. The average Bonchev–Trinajstić information content (AvgIpc) is 2.72. The summed E-state index contributed by atoms with van der Waals surface area (Å²) in [6.45, 7) is 0.859. The van der Waals surface area contributed by atoms with Crippen molar-refractivity contribution in [1.29, 1.82) is 0 Å².